The van der Waals surface area contributed by atoms with Crippen molar-refractivity contribution in [3.05, 3.63) is 54.1 Å². The van der Waals surface area contributed by atoms with Crippen LogP contribution in [0.1, 0.15) is 77.1 Å². The van der Waals surface area contributed by atoms with Gasteiger partial charge in [-0.15, -0.1) is 0 Å². The van der Waals surface area contributed by atoms with Crippen molar-refractivity contribution >= 4 is 22.8 Å². The Morgan fingerprint density at radius 2 is 1.76 bits per heavy atom. The van der Waals surface area contributed by atoms with Crippen molar-refractivity contribution in [2.45, 2.75) is 84.4 Å². The molecule has 0 saturated carbocycles. The van der Waals surface area contributed by atoms with Crippen LogP contribution in [0.25, 0.3) is 33.3 Å². The van der Waals surface area contributed by atoms with E-state index in [4.69, 9.17) is 14.8 Å². The Morgan fingerprint density at radius 3 is 2.45 bits per heavy atom. The summed E-state index contributed by atoms with van der Waals surface area (Å²) < 4.78 is 9.69. The Morgan fingerprint density at radius 1 is 0.980 bits per heavy atom. The average Bonchev–Trinajstić information content (AvgIpc) is 3.70. The van der Waals surface area contributed by atoms with E-state index in [0.717, 1.165) is 105 Å². The normalized spacial score (nSPS) is 18.2. The first-order chi connectivity index (χ1) is 23.5. The lowest BCUT2D eigenvalue weighted by Crippen LogP contribution is -2.42. The highest BCUT2D eigenvalue weighted by Crippen LogP contribution is 2.38. The monoisotopic (exact) mass is 666 g/mol. The molecule has 4 aromatic rings. The van der Waals surface area contributed by atoms with Gasteiger partial charge in [-0.05, 0) is 76.8 Å². The average molecular weight is 667 g/mol. The molecule has 0 N–H and O–H groups in total. The smallest absolute Gasteiger partial charge is 0.410 e. The molecule has 3 aromatic heterocycles. The second-order valence-electron chi connectivity index (χ2n) is 15.2. The molecular formula is C38H50N8O3. The second kappa shape index (κ2) is 13.6. The third kappa shape index (κ3) is 7.22. The summed E-state index contributed by atoms with van der Waals surface area (Å²) in [5.74, 6) is 0.755. The van der Waals surface area contributed by atoms with Crippen molar-refractivity contribution in [1.82, 2.24) is 39.2 Å². The van der Waals surface area contributed by atoms with Crippen LogP contribution in [0, 0.1) is 5.92 Å². The molecule has 3 aliphatic rings. The van der Waals surface area contributed by atoms with Crippen molar-refractivity contribution in [3.63, 3.8) is 0 Å². The molecule has 260 valence electrons. The van der Waals surface area contributed by atoms with Crippen molar-refractivity contribution in [2.75, 3.05) is 39.3 Å². The van der Waals surface area contributed by atoms with E-state index in [1.54, 1.807) is 11.6 Å². The van der Waals surface area contributed by atoms with E-state index < -0.39 is 5.60 Å². The minimum absolute atomic E-state index is 0.105. The fourth-order valence-electron chi connectivity index (χ4n) is 7.81. The first kappa shape index (κ1) is 33.3. The number of rotatable bonds is 6. The summed E-state index contributed by atoms with van der Waals surface area (Å²) in [6, 6.07) is 8.84. The zero-order valence-corrected chi connectivity index (χ0v) is 29.7. The van der Waals surface area contributed by atoms with E-state index in [9.17, 15) is 9.59 Å². The highest BCUT2D eigenvalue weighted by atomic mass is 16.6. The summed E-state index contributed by atoms with van der Waals surface area (Å²) in [6.45, 7) is 13.5. The maximum Gasteiger partial charge on any atom is 0.410 e. The van der Waals surface area contributed by atoms with Gasteiger partial charge in [0, 0.05) is 99.8 Å². The predicted molar refractivity (Wildman–Crippen MR) is 190 cm³/mol. The number of hydrogen-bond donors (Lipinski definition) is 0. The lowest BCUT2D eigenvalue weighted by atomic mass is 9.93. The van der Waals surface area contributed by atoms with Crippen LogP contribution in [0.4, 0.5) is 4.79 Å². The summed E-state index contributed by atoms with van der Waals surface area (Å²) in [6.07, 6.45) is 11.8. The molecule has 7 rings (SSSR count). The van der Waals surface area contributed by atoms with E-state index in [2.05, 4.69) is 38.9 Å². The molecule has 2 amide bonds. The number of amides is 2. The number of aromatic nitrogens is 5. The van der Waals surface area contributed by atoms with Crippen LogP contribution in [0.15, 0.2) is 42.9 Å². The summed E-state index contributed by atoms with van der Waals surface area (Å²) in [5, 5.41) is 11.9. The number of ether oxygens (including phenoxy) is 1. The predicted octanol–water partition coefficient (Wildman–Crippen LogP) is 6.08. The molecule has 6 heterocycles. The van der Waals surface area contributed by atoms with E-state index in [-0.39, 0.29) is 12.0 Å². The molecule has 11 heteroatoms. The summed E-state index contributed by atoms with van der Waals surface area (Å²) in [4.78, 5) is 36.3. The zero-order chi connectivity index (χ0) is 34.3. The molecule has 0 unspecified atom stereocenters. The first-order valence-corrected chi connectivity index (χ1v) is 18.0. The number of fused-ring (bicyclic) bond motifs is 2. The lowest BCUT2D eigenvalue weighted by Gasteiger charge is -2.36. The maximum absolute atomic E-state index is 12.5. The summed E-state index contributed by atoms with van der Waals surface area (Å²) >= 11 is 0. The van der Waals surface area contributed by atoms with Gasteiger partial charge < -0.3 is 19.4 Å². The first-order valence-electron chi connectivity index (χ1n) is 18.0. The molecule has 3 aliphatic heterocycles. The van der Waals surface area contributed by atoms with Crippen molar-refractivity contribution in [1.29, 1.82) is 0 Å². The largest absolute Gasteiger partial charge is 0.444 e. The van der Waals surface area contributed by atoms with Crippen LogP contribution in [0.3, 0.4) is 0 Å². The van der Waals surface area contributed by atoms with Gasteiger partial charge in [0.25, 0.3) is 0 Å². The van der Waals surface area contributed by atoms with Gasteiger partial charge in [-0.2, -0.15) is 10.2 Å². The van der Waals surface area contributed by atoms with Gasteiger partial charge in [0.15, 0.2) is 0 Å². The quantitative estimate of drug-likeness (QED) is 0.246. The number of carbonyl (C=O) groups is 2. The number of piperidine rings is 2. The molecule has 11 nitrogen and oxygen atoms in total. The number of hydrogen-bond acceptors (Lipinski definition) is 7. The molecule has 0 radical (unpaired) electrons. The summed E-state index contributed by atoms with van der Waals surface area (Å²) in [7, 11) is 1.91. The fraction of sp³-hybridized carbons (Fsp3) is 0.553. The van der Waals surface area contributed by atoms with Crippen LogP contribution in [-0.2, 0) is 29.5 Å². The molecule has 2 saturated heterocycles. The van der Waals surface area contributed by atoms with Gasteiger partial charge in [-0.3, -0.25) is 19.1 Å². The van der Waals surface area contributed by atoms with Crippen LogP contribution in [0.2, 0.25) is 0 Å². The topological polar surface area (TPSA) is 102 Å². The molecule has 0 spiro atoms. The minimum atomic E-state index is -0.454. The van der Waals surface area contributed by atoms with Gasteiger partial charge in [-0.25, -0.2) is 4.79 Å². The minimum Gasteiger partial charge on any atom is -0.444 e. The van der Waals surface area contributed by atoms with Crippen LogP contribution >= 0.6 is 0 Å². The Bertz CT molecular complexity index is 1820. The Balaban J connectivity index is 1.04. The summed E-state index contributed by atoms with van der Waals surface area (Å²) in [5.41, 5.74) is 5.92. The number of likely N-dealkylation sites (tertiary alicyclic amines) is 2. The van der Waals surface area contributed by atoms with E-state index in [0.29, 0.717) is 18.5 Å². The SMILES string of the molecule is CC(=O)N1CCc2c(c(-c3cccc4cc(-c5cnn(C)c5)ncc34)nn2C2CCN(CCC3CCN(C(=O)OC(C)(C)C)CC3)CC2)C1. The van der Waals surface area contributed by atoms with Crippen LogP contribution in [0.5, 0.6) is 0 Å². The van der Waals surface area contributed by atoms with Crippen molar-refractivity contribution < 1.29 is 14.3 Å². The van der Waals surface area contributed by atoms with Crippen LogP contribution < -0.4 is 0 Å². The van der Waals surface area contributed by atoms with Crippen molar-refractivity contribution in [2.24, 2.45) is 13.0 Å². The Hall–Kier alpha value is -4.25. The number of aryl methyl sites for hydroxylation is 1. The van der Waals surface area contributed by atoms with Gasteiger partial charge in [0.1, 0.15) is 5.60 Å². The van der Waals surface area contributed by atoms with E-state index >= 15 is 0 Å². The molecule has 49 heavy (non-hydrogen) atoms. The zero-order valence-electron chi connectivity index (χ0n) is 29.7. The molecular weight excluding hydrogens is 616 g/mol. The standard InChI is InChI=1S/C38H50N8O3/c1-26(47)45-20-14-35-33(25-45)36(31-8-6-7-28-21-34(39-23-32(28)31)29-22-40-42(5)24-29)41-46(35)30-12-16-43(17-13-30)15-9-27-10-18-44(19-11-27)37(48)49-38(2,3)4/h6-8,21-24,27,30H,9-20,25H2,1-5H3. The molecule has 2 fully saturated rings. The highest BCUT2D eigenvalue weighted by Gasteiger charge is 2.32. The Kier molecular flexibility index (Phi) is 9.21. The number of pyridine rings is 1. The highest BCUT2D eigenvalue weighted by molar-refractivity contribution is 5.97. The van der Waals surface area contributed by atoms with Gasteiger partial charge >= 0.3 is 6.09 Å². The third-order valence-corrected chi connectivity index (χ3v) is 10.6. The Labute approximate surface area is 289 Å². The lowest BCUT2D eigenvalue weighted by molar-refractivity contribution is -0.129. The van der Waals surface area contributed by atoms with E-state index in [1.807, 2.05) is 56.2 Å². The third-order valence-electron chi connectivity index (χ3n) is 10.6. The van der Waals surface area contributed by atoms with E-state index in [1.165, 1.54) is 17.7 Å². The fourth-order valence-corrected chi connectivity index (χ4v) is 7.81. The van der Waals surface area contributed by atoms with Gasteiger partial charge in [0.05, 0.1) is 23.6 Å². The number of nitrogens with zero attached hydrogens (tertiary/aromatic N) is 8. The maximum atomic E-state index is 12.5. The molecule has 0 aliphatic carbocycles. The number of carbonyl (C=O) groups excluding carboxylic acids is 2. The van der Waals surface area contributed by atoms with Gasteiger partial charge in [-0.1, -0.05) is 18.2 Å². The molecule has 0 bridgehead atoms. The number of benzene rings is 1. The van der Waals surface area contributed by atoms with Crippen molar-refractivity contribution in [3.8, 4) is 22.5 Å². The van der Waals surface area contributed by atoms with Crippen LogP contribution in [-0.4, -0.2) is 96.1 Å². The van der Waals surface area contributed by atoms with Gasteiger partial charge in [0.2, 0.25) is 5.91 Å². The second-order valence-corrected chi connectivity index (χ2v) is 15.2. The molecule has 1 aromatic carbocycles. The molecule has 0 atom stereocenters.